The molecule has 4 aromatic rings. The van der Waals surface area contributed by atoms with E-state index in [-0.39, 0.29) is 10.7 Å². The number of oxazole rings is 1. The largest absolute Gasteiger partial charge is 0.436 e. The van der Waals surface area contributed by atoms with Crippen LogP contribution in [-0.2, 0) is 0 Å². The van der Waals surface area contributed by atoms with Crippen LogP contribution in [-0.4, -0.2) is 15.9 Å². The molecule has 0 saturated heterocycles. The Bertz CT molecular complexity index is 1240. The number of halogens is 2. The fraction of sp³-hybridized carbons (Fsp3) is 0.174. The van der Waals surface area contributed by atoms with Crippen LogP contribution in [0.1, 0.15) is 42.1 Å². The first-order valence-corrected chi connectivity index (χ1v) is 10.3. The minimum absolute atomic E-state index is 0.123. The number of amides is 1. The zero-order chi connectivity index (χ0) is 21.3. The molecule has 0 fully saturated rings. The van der Waals surface area contributed by atoms with Gasteiger partial charge in [-0.05, 0) is 60.4 Å². The number of rotatable bonds is 5. The van der Waals surface area contributed by atoms with Crippen LogP contribution in [0.25, 0.3) is 22.6 Å². The molecule has 2 aromatic heterocycles. The predicted octanol–water partition coefficient (Wildman–Crippen LogP) is 6.96. The van der Waals surface area contributed by atoms with Crippen molar-refractivity contribution in [3.63, 3.8) is 0 Å². The summed E-state index contributed by atoms with van der Waals surface area (Å²) in [7, 11) is 0. The van der Waals surface area contributed by atoms with Crippen LogP contribution >= 0.6 is 23.2 Å². The second-order valence-corrected chi connectivity index (χ2v) is 7.81. The van der Waals surface area contributed by atoms with E-state index in [1.165, 1.54) is 11.8 Å². The molecule has 1 amide bonds. The van der Waals surface area contributed by atoms with Gasteiger partial charge >= 0.3 is 0 Å². The maximum Gasteiger partial charge on any atom is 0.258 e. The fourth-order valence-corrected chi connectivity index (χ4v) is 3.48. The van der Waals surface area contributed by atoms with Gasteiger partial charge in [-0.1, -0.05) is 43.1 Å². The average Bonchev–Trinajstić information content (AvgIpc) is 3.18. The average molecular weight is 440 g/mol. The molecule has 0 bridgehead atoms. The van der Waals surface area contributed by atoms with Crippen LogP contribution in [0.15, 0.2) is 59.1 Å². The zero-order valence-corrected chi connectivity index (χ0v) is 18.0. The first kappa shape index (κ1) is 20.4. The van der Waals surface area contributed by atoms with Gasteiger partial charge in [0.1, 0.15) is 10.7 Å². The molecule has 4 rings (SSSR count). The van der Waals surface area contributed by atoms with E-state index in [0.717, 1.165) is 11.9 Å². The highest BCUT2D eigenvalue weighted by Gasteiger charge is 2.16. The molecular formula is C23H19Cl2N3O2. The summed E-state index contributed by atoms with van der Waals surface area (Å²) in [5.41, 5.74) is 4.13. The van der Waals surface area contributed by atoms with E-state index in [1.54, 1.807) is 30.3 Å². The third-order valence-corrected chi connectivity index (χ3v) is 5.69. The second kappa shape index (κ2) is 8.46. The summed E-state index contributed by atoms with van der Waals surface area (Å²) in [6.45, 7) is 4.34. The van der Waals surface area contributed by atoms with Gasteiger partial charge in [-0.25, -0.2) is 9.97 Å². The first-order chi connectivity index (χ1) is 14.5. The monoisotopic (exact) mass is 439 g/mol. The molecule has 5 nitrogen and oxygen atoms in total. The third kappa shape index (κ3) is 4.04. The van der Waals surface area contributed by atoms with Crippen LogP contribution in [0.5, 0.6) is 0 Å². The molecule has 0 aliphatic rings. The summed E-state index contributed by atoms with van der Waals surface area (Å²) < 4.78 is 5.93. The SMILES string of the molecule is CC[C@H](C)c1ccc2oc(-c3ccc(Cl)c(NC(=O)c4cccnc4Cl)c3)nc2c1. The van der Waals surface area contributed by atoms with Crippen molar-refractivity contribution in [3.8, 4) is 11.5 Å². The van der Waals surface area contributed by atoms with Crippen molar-refractivity contribution in [2.45, 2.75) is 26.2 Å². The Hall–Kier alpha value is -2.89. The summed E-state index contributed by atoms with van der Waals surface area (Å²) >= 11 is 12.3. The summed E-state index contributed by atoms with van der Waals surface area (Å²) in [5.74, 6) is 0.506. The molecule has 30 heavy (non-hydrogen) atoms. The van der Waals surface area contributed by atoms with Gasteiger partial charge in [-0.3, -0.25) is 4.79 Å². The van der Waals surface area contributed by atoms with Crippen molar-refractivity contribution in [2.75, 3.05) is 5.32 Å². The summed E-state index contributed by atoms with van der Waals surface area (Å²) in [5, 5.41) is 3.29. The molecule has 0 spiro atoms. The molecule has 152 valence electrons. The maximum absolute atomic E-state index is 12.6. The van der Waals surface area contributed by atoms with Crippen LogP contribution in [0.2, 0.25) is 10.2 Å². The Morgan fingerprint density at radius 2 is 2.00 bits per heavy atom. The zero-order valence-electron chi connectivity index (χ0n) is 16.4. The lowest BCUT2D eigenvalue weighted by molar-refractivity contribution is 0.102. The highest BCUT2D eigenvalue weighted by molar-refractivity contribution is 6.35. The van der Waals surface area contributed by atoms with Crippen LogP contribution in [0, 0.1) is 0 Å². The lowest BCUT2D eigenvalue weighted by Crippen LogP contribution is -2.13. The number of aromatic nitrogens is 2. The van der Waals surface area contributed by atoms with Crippen molar-refractivity contribution in [2.24, 2.45) is 0 Å². The normalized spacial score (nSPS) is 12.1. The minimum atomic E-state index is -0.400. The van der Waals surface area contributed by atoms with Crippen LogP contribution in [0.3, 0.4) is 0 Å². The number of nitrogens with zero attached hydrogens (tertiary/aromatic N) is 2. The number of nitrogens with one attached hydrogen (secondary N) is 1. The van der Waals surface area contributed by atoms with Gasteiger partial charge in [0.05, 0.1) is 16.3 Å². The topological polar surface area (TPSA) is 68.0 Å². The molecule has 0 aliphatic carbocycles. The van der Waals surface area contributed by atoms with E-state index in [9.17, 15) is 4.79 Å². The number of pyridine rings is 1. The van der Waals surface area contributed by atoms with E-state index in [4.69, 9.17) is 27.6 Å². The summed E-state index contributed by atoms with van der Waals surface area (Å²) in [6.07, 6.45) is 2.57. The molecule has 2 aromatic carbocycles. The molecular weight excluding hydrogens is 421 g/mol. The number of carbonyl (C=O) groups is 1. The smallest absolute Gasteiger partial charge is 0.258 e. The van der Waals surface area contributed by atoms with Gasteiger partial charge in [0.25, 0.3) is 5.91 Å². The number of hydrogen-bond acceptors (Lipinski definition) is 4. The van der Waals surface area contributed by atoms with Gasteiger partial charge in [-0.15, -0.1) is 0 Å². The second-order valence-electron chi connectivity index (χ2n) is 7.05. The van der Waals surface area contributed by atoms with Crippen molar-refractivity contribution in [1.29, 1.82) is 0 Å². The quantitative estimate of drug-likeness (QED) is 0.341. The molecule has 0 aliphatic heterocycles. The lowest BCUT2D eigenvalue weighted by Gasteiger charge is -2.09. The van der Waals surface area contributed by atoms with Crippen molar-refractivity contribution >= 4 is 45.9 Å². The predicted molar refractivity (Wildman–Crippen MR) is 120 cm³/mol. The summed E-state index contributed by atoms with van der Waals surface area (Å²) in [6, 6.07) is 14.5. The standard InChI is InChI=1S/C23H19Cl2N3O2/c1-3-13(2)14-7-9-20-19(11-14)28-23(30-20)15-6-8-17(24)18(12-15)27-22(29)16-5-4-10-26-21(16)25/h4-13H,3H2,1-2H3,(H,27,29)/t13-/m0/s1. The number of benzene rings is 2. The van der Waals surface area contributed by atoms with Crippen LogP contribution in [0.4, 0.5) is 5.69 Å². The van der Waals surface area contributed by atoms with Gasteiger partial charge in [-0.2, -0.15) is 0 Å². The van der Waals surface area contributed by atoms with Crippen molar-refractivity contribution in [1.82, 2.24) is 9.97 Å². The van der Waals surface area contributed by atoms with Crippen LogP contribution < -0.4 is 5.32 Å². The molecule has 1 N–H and O–H groups in total. The molecule has 0 unspecified atom stereocenters. The number of carbonyl (C=O) groups excluding carboxylic acids is 1. The minimum Gasteiger partial charge on any atom is -0.436 e. The Balaban J connectivity index is 1.66. The molecule has 0 radical (unpaired) electrons. The summed E-state index contributed by atoms with van der Waals surface area (Å²) in [4.78, 5) is 21.1. The van der Waals surface area contributed by atoms with Gasteiger partial charge < -0.3 is 9.73 Å². The Morgan fingerprint density at radius 3 is 2.77 bits per heavy atom. The maximum atomic E-state index is 12.6. The lowest BCUT2D eigenvalue weighted by atomic mass is 9.98. The van der Waals surface area contributed by atoms with Crippen molar-refractivity contribution < 1.29 is 9.21 Å². The van der Waals surface area contributed by atoms with Gasteiger partial charge in [0.15, 0.2) is 5.58 Å². The first-order valence-electron chi connectivity index (χ1n) is 9.58. The fourth-order valence-electron chi connectivity index (χ4n) is 3.11. The van der Waals surface area contributed by atoms with Crippen molar-refractivity contribution in [3.05, 3.63) is 76.0 Å². The van der Waals surface area contributed by atoms with E-state index >= 15 is 0 Å². The van der Waals surface area contributed by atoms with E-state index in [1.807, 2.05) is 6.07 Å². The molecule has 0 saturated carbocycles. The molecule has 7 heteroatoms. The molecule has 2 heterocycles. The number of fused-ring (bicyclic) bond motifs is 1. The molecule has 1 atom stereocenters. The Kier molecular flexibility index (Phi) is 5.75. The Morgan fingerprint density at radius 1 is 1.17 bits per heavy atom. The highest BCUT2D eigenvalue weighted by atomic mass is 35.5. The third-order valence-electron chi connectivity index (χ3n) is 5.06. The Labute approximate surface area is 184 Å². The van der Waals surface area contributed by atoms with Gasteiger partial charge in [0.2, 0.25) is 5.89 Å². The highest BCUT2D eigenvalue weighted by Crippen LogP contribution is 2.32. The van der Waals surface area contributed by atoms with E-state index < -0.39 is 5.91 Å². The van der Waals surface area contributed by atoms with E-state index in [2.05, 4.69) is 41.3 Å². The van der Waals surface area contributed by atoms with E-state index in [0.29, 0.717) is 33.7 Å². The number of anilines is 1. The van der Waals surface area contributed by atoms with Gasteiger partial charge in [0, 0.05) is 11.8 Å². The number of hydrogen-bond donors (Lipinski definition) is 1.